The number of hydrogen-bond acceptors (Lipinski definition) is 7. The van der Waals surface area contributed by atoms with Crippen LogP contribution in [0.25, 0.3) is 33.1 Å². The number of hydrogen-bond donors (Lipinski definition) is 1. The Labute approximate surface area is 227 Å². The molecule has 0 aliphatic carbocycles. The van der Waals surface area contributed by atoms with Gasteiger partial charge >= 0.3 is 6.01 Å². The van der Waals surface area contributed by atoms with E-state index in [2.05, 4.69) is 24.4 Å². The molecule has 0 atom stereocenters. The van der Waals surface area contributed by atoms with Gasteiger partial charge in [0.1, 0.15) is 22.9 Å². The zero-order chi connectivity index (χ0) is 27.1. The molecule has 11 heteroatoms. The van der Waals surface area contributed by atoms with E-state index in [1.807, 2.05) is 6.92 Å². The molecule has 3 aromatic heterocycles. The highest BCUT2D eigenvalue weighted by molar-refractivity contribution is 6.33. The maximum Gasteiger partial charge on any atom is 0.324 e. The molecule has 0 spiro atoms. The summed E-state index contributed by atoms with van der Waals surface area (Å²) in [6.45, 7) is 4.58. The van der Waals surface area contributed by atoms with Crippen molar-refractivity contribution in [3.8, 4) is 22.9 Å². The number of halogens is 3. The third-order valence-corrected chi connectivity index (χ3v) is 7.47. The molecule has 0 radical (unpaired) electrons. The molecular formula is C28H25ClF2N6O2. The Morgan fingerprint density at radius 3 is 2.59 bits per heavy atom. The Bertz CT molecular complexity index is 1690. The normalized spacial score (nSPS) is 14.9. The van der Waals surface area contributed by atoms with Crippen molar-refractivity contribution < 1.29 is 18.6 Å². The number of pyridine rings is 1. The molecule has 1 aliphatic heterocycles. The van der Waals surface area contributed by atoms with Crippen molar-refractivity contribution >= 4 is 33.5 Å². The van der Waals surface area contributed by atoms with Crippen LogP contribution in [0.15, 0.2) is 48.8 Å². The third-order valence-electron chi connectivity index (χ3n) is 7.16. The average Bonchev–Trinajstić information content (AvgIpc) is 3.25. The van der Waals surface area contributed by atoms with Crippen LogP contribution in [-0.4, -0.2) is 60.8 Å². The molecule has 200 valence electrons. The maximum atomic E-state index is 15.4. The van der Waals surface area contributed by atoms with E-state index in [-0.39, 0.29) is 23.7 Å². The van der Waals surface area contributed by atoms with E-state index in [0.29, 0.717) is 28.9 Å². The van der Waals surface area contributed by atoms with E-state index in [0.717, 1.165) is 54.2 Å². The number of rotatable bonds is 6. The van der Waals surface area contributed by atoms with E-state index in [1.54, 1.807) is 24.4 Å². The largest absolute Gasteiger partial charge is 0.424 e. The summed E-state index contributed by atoms with van der Waals surface area (Å²) in [5.74, 6) is -0.00437. The summed E-state index contributed by atoms with van der Waals surface area (Å²) < 4.78 is 36.6. The lowest BCUT2D eigenvalue weighted by atomic mass is 10.0. The quantitative estimate of drug-likeness (QED) is 0.271. The fourth-order valence-corrected chi connectivity index (χ4v) is 5.63. The van der Waals surface area contributed by atoms with Crippen LogP contribution < -0.4 is 4.74 Å². The van der Waals surface area contributed by atoms with Crippen LogP contribution in [0.2, 0.25) is 5.02 Å². The molecule has 1 aliphatic rings. The molecule has 8 nitrogen and oxygen atoms in total. The van der Waals surface area contributed by atoms with E-state index < -0.39 is 11.8 Å². The highest BCUT2D eigenvalue weighted by Gasteiger charge is 2.25. The zero-order valence-corrected chi connectivity index (χ0v) is 21.9. The van der Waals surface area contributed by atoms with Gasteiger partial charge in [-0.2, -0.15) is 9.37 Å². The van der Waals surface area contributed by atoms with Crippen molar-refractivity contribution in [3.63, 3.8) is 0 Å². The number of ether oxygens (including phenoxy) is 1. The van der Waals surface area contributed by atoms with Crippen molar-refractivity contribution in [1.29, 1.82) is 0 Å². The number of imidazole rings is 1. The summed E-state index contributed by atoms with van der Waals surface area (Å²) in [5.41, 5.74) is 2.99. The van der Waals surface area contributed by atoms with Crippen LogP contribution in [-0.2, 0) is 0 Å². The van der Waals surface area contributed by atoms with Gasteiger partial charge in [-0.05, 0) is 38.0 Å². The molecule has 6 rings (SSSR count). The fourth-order valence-electron chi connectivity index (χ4n) is 5.36. The number of aliphatic hydroxyl groups excluding tert-OH is 1. The molecule has 0 bridgehead atoms. The van der Waals surface area contributed by atoms with Crippen molar-refractivity contribution in [2.45, 2.75) is 25.8 Å². The van der Waals surface area contributed by atoms with Crippen LogP contribution >= 0.6 is 11.6 Å². The van der Waals surface area contributed by atoms with Gasteiger partial charge in [0.25, 0.3) is 0 Å². The van der Waals surface area contributed by atoms with Crippen molar-refractivity contribution in [3.05, 3.63) is 71.4 Å². The topological polar surface area (TPSA) is 89.2 Å². The Kier molecular flexibility index (Phi) is 6.84. The highest BCUT2D eigenvalue weighted by atomic mass is 35.5. The first-order chi connectivity index (χ1) is 18.9. The zero-order valence-electron chi connectivity index (χ0n) is 21.1. The predicted molar refractivity (Wildman–Crippen MR) is 144 cm³/mol. The van der Waals surface area contributed by atoms with Gasteiger partial charge < -0.3 is 19.3 Å². The van der Waals surface area contributed by atoms with Crippen LogP contribution in [0, 0.1) is 18.7 Å². The number of aromatic nitrogens is 5. The molecule has 0 saturated carbocycles. The standard InChI is InChI=1S/C28H25ClF2N6O2/c1-16-34-25-15-33-24-14-23(30)20(13-21(24)27(25)37(16)17-5-8-36(9-6-17)10-11-38)19-3-2-18(12-22(19)29)39-28-32-7-4-26(31)35-28/h2-4,7,12-15,17,38H,5-6,8-11H2,1H3. The predicted octanol–water partition coefficient (Wildman–Crippen LogP) is 5.70. The van der Waals surface area contributed by atoms with Gasteiger partial charge in [0, 0.05) is 66.6 Å². The van der Waals surface area contributed by atoms with Gasteiger partial charge in [0.15, 0.2) is 0 Å². The van der Waals surface area contributed by atoms with Crippen molar-refractivity contribution in [1.82, 2.24) is 29.4 Å². The second-order valence-electron chi connectivity index (χ2n) is 9.57. The minimum Gasteiger partial charge on any atom is -0.424 e. The number of fused-ring (bicyclic) bond motifs is 3. The smallest absolute Gasteiger partial charge is 0.324 e. The fraction of sp³-hybridized carbons (Fsp3) is 0.286. The van der Waals surface area contributed by atoms with Crippen LogP contribution in [0.5, 0.6) is 11.8 Å². The Balaban J connectivity index is 1.40. The van der Waals surface area contributed by atoms with Crippen LogP contribution in [0.1, 0.15) is 24.7 Å². The summed E-state index contributed by atoms with van der Waals surface area (Å²) in [5, 5.41) is 10.3. The molecule has 2 aromatic carbocycles. The summed E-state index contributed by atoms with van der Waals surface area (Å²) in [6, 6.07) is 9.15. The Morgan fingerprint density at radius 1 is 1.03 bits per heavy atom. The van der Waals surface area contributed by atoms with E-state index in [1.165, 1.54) is 18.3 Å². The highest BCUT2D eigenvalue weighted by Crippen LogP contribution is 2.38. The maximum absolute atomic E-state index is 15.4. The Hall–Kier alpha value is -3.73. The summed E-state index contributed by atoms with van der Waals surface area (Å²) in [7, 11) is 0. The summed E-state index contributed by atoms with van der Waals surface area (Å²) in [4.78, 5) is 19.0. The number of aryl methyl sites for hydroxylation is 1. The lowest BCUT2D eigenvalue weighted by Crippen LogP contribution is -2.36. The molecule has 1 saturated heterocycles. The third kappa shape index (κ3) is 4.91. The van der Waals surface area contributed by atoms with Gasteiger partial charge in [-0.3, -0.25) is 4.98 Å². The number of nitrogens with zero attached hydrogens (tertiary/aromatic N) is 6. The first kappa shape index (κ1) is 25.5. The summed E-state index contributed by atoms with van der Waals surface area (Å²) >= 11 is 6.58. The lowest BCUT2D eigenvalue weighted by Gasteiger charge is -2.33. The second kappa shape index (κ2) is 10.4. The van der Waals surface area contributed by atoms with Crippen LogP contribution in [0.3, 0.4) is 0 Å². The number of likely N-dealkylation sites (tertiary alicyclic amines) is 1. The molecule has 1 fully saturated rings. The molecule has 0 unspecified atom stereocenters. The number of aliphatic hydroxyl groups is 1. The molecule has 39 heavy (non-hydrogen) atoms. The number of β-amino-alcohol motifs (C(OH)–C–C–N with tert-alkyl or cyclic N) is 1. The second-order valence-corrected chi connectivity index (χ2v) is 9.98. The molecular weight excluding hydrogens is 526 g/mol. The molecule has 5 aromatic rings. The van der Waals surface area contributed by atoms with E-state index in [9.17, 15) is 9.50 Å². The van der Waals surface area contributed by atoms with Gasteiger partial charge in [-0.15, -0.1) is 0 Å². The monoisotopic (exact) mass is 550 g/mol. The van der Waals surface area contributed by atoms with Crippen molar-refractivity contribution in [2.75, 3.05) is 26.2 Å². The number of benzene rings is 2. The SMILES string of the molecule is Cc1nc2cnc3cc(F)c(-c4ccc(Oc5nccc(F)n5)cc4Cl)cc3c2n1C1CCN(CCO)CC1. The van der Waals surface area contributed by atoms with Crippen molar-refractivity contribution in [2.24, 2.45) is 0 Å². The first-order valence-corrected chi connectivity index (χ1v) is 13.1. The van der Waals surface area contributed by atoms with Crippen LogP contribution in [0.4, 0.5) is 8.78 Å². The van der Waals surface area contributed by atoms with Gasteiger partial charge in [-0.25, -0.2) is 14.4 Å². The van der Waals surface area contributed by atoms with E-state index in [4.69, 9.17) is 21.3 Å². The Morgan fingerprint density at radius 2 is 1.85 bits per heavy atom. The minimum atomic E-state index is -0.717. The molecule has 0 amide bonds. The molecule has 1 N–H and O–H groups in total. The number of piperidine rings is 1. The minimum absolute atomic E-state index is 0.149. The summed E-state index contributed by atoms with van der Waals surface area (Å²) in [6.07, 6.45) is 4.78. The average molecular weight is 551 g/mol. The molecule has 4 heterocycles. The van der Waals surface area contributed by atoms with Gasteiger partial charge in [-0.1, -0.05) is 11.6 Å². The lowest BCUT2D eigenvalue weighted by molar-refractivity contribution is 0.150. The van der Waals surface area contributed by atoms with E-state index >= 15 is 4.39 Å². The van der Waals surface area contributed by atoms with Gasteiger partial charge in [0.2, 0.25) is 5.95 Å². The van der Waals surface area contributed by atoms with Gasteiger partial charge in [0.05, 0.1) is 28.9 Å². The first-order valence-electron chi connectivity index (χ1n) is 12.7.